The lowest BCUT2D eigenvalue weighted by Crippen LogP contribution is -2.46. The van der Waals surface area contributed by atoms with Gasteiger partial charge in [0.2, 0.25) is 5.78 Å². The van der Waals surface area contributed by atoms with Crippen molar-refractivity contribution in [2.75, 3.05) is 6.61 Å². The number of ketones is 1. The summed E-state index contributed by atoms with van der Waals surface area (Å²) < 4.78 is 32.3. The quantitative estimate of drug-likeness (QED) is 0.584. The van der Waals surface area contributed by atoms with E-state index in [-0.39, 0.29) is 5.69 Å². The van der Waals surface area contributed by atoms with Crippen LogP contribution < -0.4 is 5.32 Å². The second kappa shape index (κ2) is 8.37. The Morgan fingerprint density at radius 3 is 2.31 bits per heavy atom. The molecule has 1 aromatic carbocycles. The fourth-order valence-corrected chi connectivity index (χ4v) is 2.23. The molecule has 26 heavy (non-hydrogen) atoms. The number of benzene rings is 1. The standard InChI is InChI=1S/C18H18F2N2O4/c1-10(2)16(18(25)26-9-14(23)13-7-4-8-21-13)22-17(24)15-11(19)5-3-6-12(15)20/h3-8,10,16,21H,9H2,1-2H3,(H,22,24)/t16-/m1/s1. The van der Waals surface area contributed by atoms with E-state index < -0.39 is 53.4 Å². The molecule has 1 atom stereocenters. The second-order valence-corrected chi connectivity index (χ2v) is 5.91. The van der Waals surface area contributed by atoms with Crippen LogP contribution in [0.4, 0.5) is 8.78 Å². The van der Waals surface area contributed by atoms with E-state index in [4.69, 9.17) is 4.74 Å². The maximum atomic E-state index is 13.7. The van der Waals surface area contributed by atoms with Crippen molar-refractivity contribution in [3.8, 4) is 0 Å². The summed E-state index contributed by atoms with van der Waals surface area (Å²) in [6, 6.07) is 4.99. The van der Waals surface area contributed by atoms with Crippen molar-refractivity contribution < 1.29 is 27.9 Å². The summed E-state index contributed by atoms with van der Waals surface area (Å²) in [4.78, 5) is 38.9. The summed E-state index contributed by atoms with van der Waals surface area (Å²) in [5.74, 6) is -4.91. The molecular weight excluding hydrogens is 346 g/mol. The topological polar surface area (TPSA) is 88.3 Å². The molecule has 0 saturated heterocycles. The molecule has 0 aliphatic carbocycles. The molecule has 1 amide bonds. The molecule has 0 unspecified atom stereocenters. The molecule has 2 rings (SSSR count). The highest BCUT2D eigenvalue weighted by Crippen LogP contribution is 2.13. The average Bonchev–Trinajstić information content (AvgIpc) is 3.11. The number of aromatic nitrogens is 1. The van der Waals surface area contributed by atoms with E-state index in [1.165, 1.54) is 6.07 Å². The Labute approximate surface area is 148 Å². The molecule has 6 nitrogen and oxygen atoms in total. The molecule has 0 spiro atoms. The number of hydrogen-bond acceptors (Lipinski definition) is 4. The van der Waals surface area contributed by atoms with Crippen LogP contribution in [0.5, 0.6) is 0 Å². The van der Waals surface area contributed by atoms with Gasteiger partial charge < -0.3 is 15.0 Å². The Bertz CT molecular complexity index is 783. The van der Waals surface area contributed by atoms with Gasteiger partial charge in [0.25, 0.3) is 5.91 Å². The predicted molar refractivity (Wildman–Crippen MR) is 88.5 cm³/mol. The number of halogens is 2. The lowest BCUT2D eigenvalue weighted by Gasteiger charge is -2.21. The molecule has 0 aliphatic heterocycles. The Morgan fingerprint density at radius 1 is 1.12 bits per heavy atom. The highest BCUT2D eigenvalue weighted by Gasteiger charge is 2.29. The number of esters is 1. The van der Waals surface area contributed by atoms with Crippen LogP contribution in [-0.2, 0) is 9.53 Å². The number of amides is 1. The molecule has 0 bridgehead atoms. The van der Waals surface area contributed by atoms with Crippen molar-refractivity contribution >= 4 is 17.7 Å². The number of H-pyrrole nitrogens is 1. The minimum absolute atomic E-state index is 0.274. The third kappa shape index (κ3) is 4.53. The monoisotopic (exact) mass is 364 g/mol. The van der Waals surface area contributed by atoms with E-state index in [0.717, 1.165) is 18.2 Å². The van der Waals surface area contributed by atoms with E-state index in [2.05, 4.69) is 10.3 Å². The molecular formula is C18H18F2N2O4. The third-order valence-corrected chi connectivity index (χ3v) is 3.64. The fraction of sp³-hybridized carbons (Fsp3) is 0.278. The molecule has 0 saturated carbocycles. The maximum absolute atomic E-state index is 13.7. The van der Waals surface area contributed by atoms with Crippen LogP contribution in [0, 0.1) is 17.6 Å². The lowest BCUT2D eigenvalue weighted by molar-refractivity contribution is -0.145. The van der Waals surface area contributed by atoms with Gasteiger partial charge >= 0.3 is 5.97 Å². The summed E-state index contributed by atoms with van der Waals surface area (Å²) in [5, 5.41) is 2.26. The first-order chi connectivity index (χ1) is 12.3. The third-order valence-electron chi connectivity index (χ3n) is 3.64. The van der Waals surface area contributed by atoms with Gasteiger partial charge in [0, 0.05) is 6.20 Å². The molecule has 2 aromatic rings. The molecule has 8 heteroatoms. The van der Waals surface area contributed by atoms with Gasteiger partial charge in [0.15, 0.2) is 6.61 Å². The van der Waals surface area contributed by atoms with Crippen molar-refractivity contribution in [1.29, 1.82) is 0 Å². The zero-order valence-corrected chi connectivity index (χ0v) is 14.2. The molecule has 2 N–H and O–H groups in total. The zero-order chi connectivity index (χ0) is 19.3. The number of nitrogens with one attached hydrogen (secondary N) is 2. The second-order valence-electron chi connectivity index (χ2n) is 5.91. The summed E-state index contributed by atoms with van der Waals surface area (Å²) in [6.07, 6.45) is 1.55. The minimum Gasteiger partial charge on any atom is -0.456 e. The Hall–Kier alpha value is -3.03. The number of carbonyl (C=O) groups is 3. The van der Waals surface area contributed by atoms with Crippen molar-refractivity contribution in [2.45, 2.75) is 19.9 Å². The molecule has 1 aromatic heterocycles. The van der Waals surface area contributed by atoms with Crippen LogP contribution in [-0.4, -0.2) is 35.3 Å². The largest absolute Gasteiger partial charge is 0.456 e. The highest BCUT2D eigenvalue weighted by atomic mass is 19.1. The van der Waals surface area contributed by atoms with Gasteiger partial charge in [-0.2, -0.15) is 0 Å². The Balaban J connectivity index is 2.04. The first-order valence-electron chi connectivity index (χ1n) is 7.89. The molecule has 0 fully saturated rings. The summed E-state index contributed by atoms with van der Waals surface area (Å²) in [6.45, 7) is 2.72. The predicted octanol–water partition coefficient (Wildman–Crippen LogP) is 2.47. The fourth-order valence-electron chi connectivity index (χ4n) is 2.23. The highest BCUT2D eigenvalue weighted by molar-refractivity contribution is 5.98. The van der Waals surface area contributed by atoms with Crippen molar-refractivity contribution in [3.63, 3.8) is 0 Å². The van der Waals surface area contributed by atoms with E-state index in [1.807, 2.05) is 0 Å². The van der Waals surface area contributed by atoms with E-state index in [1.54, 1.807) is 26.1 Å². The number of rotatable bonds is 7. The normalized spacial score (nSPS) is 11.9. The maximum Gasteiger partial charge on any atom is 0.329 e. The molecule has 1 heterocycles. The van der Waals surface area contributed by atoms with Crippen LogP contribution in [0.2, 0.25) is 0 Å². The number of aromatic amines is 1. The molecule has 138 valence electrons. The van der Waals surface area contributed by atoms with Crippen molar-refractivity contribution in [3.05, 3.63) is 59.4 Å². The minimum atomic E-state index is -1.17. The molecule has 0 aliphatic rings. The van der Waals surface area contributed by atoms with Gasteiger partial charge in [-0.15, -0.1) is 0 Å². The number of hydrogen-bond donors (Lipinski definition) is 2. The summed E-state index contributed by atoms with van der Waals surface area (Å²) in [7, 11) is 0. The van der Waals surface area contributed by atoms with Gasteiger partial charge in [-0.25, -0.2) is 13.6 Å². The lowest BCUT2D eigenvalue weighted by atomic mass is 10.0. The van der Waals surface area contributed by atoms with Crippen LogP contribution in [0.1, 0.15) is 34.7 Å². The van der Waals surface area contributed by atoms with Gasteiger partial charge in [-0.05, 0) is 30.2 Å². The van der Waals surface area contributed by atoms with Gasteiger partial charge in [-0.3, -0.25) is 9.59 Å². The van der Waals surface area contributed by atoms with Crippen LogP contribution in [0.15, 0.2) is 36.5 Å². The van der Waals surface area contributed by atoms with Gasteiger partial charge in [0.05, 0.1) is 5.69 Å². The number of ether oxygens (including phenoxy) is 1. The molecule has 0 radical (unpaired) electrons. The number of carbonyl (C=O) groups excluding carboxylic acids is 3. The van der Waals surface area contributed by atoms with Gasteiger partial charge in [-0.1, -0.05) is 19.9 Å². The van der Waals surface area contributed by atoms with E-state index >= 15 is 0 Å². The van der Waals surface area contributed by atoms with E-state index in [0.29, 0.717) is 0 Å². The van der Waals surface area contributed by atoms with Gasteiger partial charge in [0.1, 0.15) is 23.2 Å². The van der Waals surface area contributed by atoms with Crippen LogP contribution in [0.25, 0.3) is 0 Å². The van der Waals surface area contributed by atoms with Crippen LogP contribution >= 0.6 is 0 Å². The summed E-state index contributed by atoms with van der Waals surface area (Å²) >= 11 is 0. The number of Topliss-reactive ketones (excluding diaryl/α,β-unsaturated/α-hetero) is 1. The van der Waals surface area contributed by atoms with Crippen molar-refractivity contribution in [2.24, 2.45) is 5.92 Å². The zero-order valence-electron chi connectivity index (χ0n) is 14.2. The average molecular weight is 364 g/mol. The first kappa shape index (κ1) is 19.3. The SMILES string of the molecule is CC(C)[C@@H](NC(=O)c1c(F)cccc1F)C(=O)OCC(=O)c1ccc[nH]1. The van der Waals surface area contributed by atoms with E-state index in [9.17, 15) is 23.2 Å². The van der Waals surface area contributed by atoms with Crippen molar-refractivity contribution in [1.82, 2.24) is 10.3 Å². The Kier molecular flexibility index (Phi) is 6.21. The smallest absolute Gasteiger partial charge is 0.329 e. The Morgan fingerprint density at radius 2 is 1.77 bits per heavy atom. The first-order valence-corrected chi connectivity index (χ1v) is 7.89. The summed E-state index contributed by atoms with van der Waals surface area (Å²) in [5.41, 5.74) is -0.509. The van der Waals surface area contributed by atoms with Crippen LogP contribution in [0.3, 0.4) is 0 Å².